The average Bonchev–Trinajstić information content (AvgIpc) is 2.55. The molecule has 2 rings (SSSR count). The van der Waals surface area contributed by atoms with Gasteiger partial charge in [0.2, 0.25) is 0 Å². The molecule has 0 saturated heterocycles. The minimum absolute atomic E-state index is 0.219. The Morgan fingerprint density at radius 1 is 1.31 bits per heavy atom. The van der Waals surface area contributed by atoms with Gasteiger partial charge in [0.25, 0.3) is 0 Å². The van der Waals surface area contributed by atoms with E-state index in [4.69, 9.17) is 4.74 Å². The van der Waals surface area contributed by atoms with Gasteiger partial charge in [-0.05, 0) is 25.5 Å². The van der Waals surface area contributed by atoms with E-state index in [9.17, 15) is 4.79 Å². The molecule has 0 fully saturated rings. The number of aromatic nitrogens is 1. The van der Waals surface area contributed by atoms with E-state index in [-0.39, 0.29) is 12.5 Å². The highest BCUT2D eigenvalue weighted by molar-refractivity contribution is 5.86. The van der Waals surface area contributed by atoms with E-state index in [1.807, 2.05) is 29.7 Å². The molecule has 0 radical (unpaired) electrons. The van der Waals surface area contributed by atoms with Gasteiger partial charge in [0.15, 0.2) is 0 Å². The molecule has 0 aliphatic rings. The van der Waals surface area contributed by atoms with Gasteiger partial charge in [0.1, 0.15) is 6.54 Å². The van der Waals surface area contributed by atoms with Crippen molar-refractivity contribution in [2.24, 2.45) is 0 Å². The maximum atomic E-state index is 11.3. The van der Waals surface area contributed by atoms with Gasteiger partial charge >= 0.3 is 5.97 Å². The molecule has 0 amide bonds. The first-order valence-corrected chi connectivity index (χ1v) is 5.26. The number of para-hydroxylation sites is 1. The molecule has 84 valence electrons. The summed E-state index contributed by atoms with van der Waals surface area (Å²) in [7, 11) is 1.41. The molecule has 0 aliphatic heterocycles. The van der Waals surface area contributed by atoms with Gasteiger partial charge in [0, 0.05) is 16.6 Å². The van der Waals surface area contributed by atoms with E-state index in [2.05, 4.69) is 13.0 Å². The Bertz CT molecular complexity index is 540. The number of hydrogen-bond acceptors (Lipinski definition) is 2. The van der Waals surface area contributed by atoms with Crippen molar-refractivity contribution in [2.75, 3.05) is 7.11 Å². The molecule has 0 aliphatic carbocycles. The summed E-state index contributed by atoms with van der Waals surface area (Å²) in [5, 5.41) is 1.20. The molecule has 3 heteroatoms. The number of fused-ring (bicyclic) bond motifs is 1. The molecule has 2 aromatic rings. The van der Waals surface area contributed by atoms with E-state index in [1.54, 1.807) is 0 Å². The summed E-state index contributed by atoms with van der Waals surface area (Å²) in [6.07, 6.45) is 0. The Hall–Kier alpha value is -1.77. The lowest BCUT2D eigenvalue weighted by Gasteiger charge is -2.06. The molecule has 1 aromatic carbocycles. The summed E-state index contributed by atoms with van der Waals surface area (Å²) >= 11 is 0. The van der Waals surface area contributed by atoms with Gasteiger partial charge < -0.3 is 9.30 Å². The highest BCUT2D eigenvalue weighted by atomic mass is 16.5. The van der Waals surface area contributed by atoms with Crippen molar-refractivity contribution in [1.29, 1.82) is 0 Å². The zero-order chi connectivity index (χ0) is 11.7. The fourth-order valence-electron chi connectivity index (χ4n) is 2.00. The Balaban J connectivity index is 2.59. The van der Waals surface area contributed by atoms with E-state index in [1.165, 1.54) is 18.1 Å². The second kappa shape index (κ2) is 4.00. The van der Waals surface area contributed by atoms with Crippen LogP contribution in [0, 0.1) is 13.8 Å². The summed E-state index contributed by atoms with van der Waals surface area (Å²) in [6.45, 7) is 4.38. The Kier molecular flexibility index (Phi) is 2.69. The number of hydrogen-bond donors (Lipinski definition) is 0. The van der Waals surface area contributed by atoms with Crippen LogP contribution in [-0.4, -0.2) is 17.6 Å². The molecule has 0 atom stereocenters. The third kappa shape index (κ3) is 1.58. The Morgan fingerprint density at radius 3 is 2.69 bits per heavy atom. The molecular formula is C13H15NO2. The maximum absolute atomic E-state index is 11.3. The minimum Gasteiger partial charge on any atom is -0.468 e. The SMILES string of the molecule is COC(=O)Cn1c(C)c(C)c2ccccc21. The average molecular weight is 217 g/mol. The zero-order valence-electron chi connectivity index (χ0n) is 9.78. The normalized spacial score (nSPS) is 10.7. The molecule has 1 heterocycles. The van der Waals surface area contributed by atoms with Crippen LogP contribution in [0.1, 0.15) is 11.3 Å². The summed E-state index contributed by atoms with van der Waals surface area (Å²) in [4.78, 5) is 11.3. The highest BCUT2D eigenvalue weighted by Gasteiger charge is 2.12. The van der Waals surface area contributed by atoms with Crippen molar-refractivity contribution in [3.8, 4) is 0 Å². The molecule has 16 heavy (non-hydrogen) atoms. The molecule has 3 nitrogen and oxygen atoms in total. The number of methoxy groups -OCH3 is 1. The van der Waals surface area contributed by atoms with Crippen LogP contribution in [0.4, 0.5) is 0 Å². The number of nitrogens with zero attached hydrogens (tertiary/aromatic N) is 1. The zero-order valence-corrected chi connectivity index (χ0v) is 9.78. The van der Waals surface area contributed by atoms with Gasteiger partial charge in [-0.3, -0.25) is 4.79 Å². The summed E-state index contributed by atoms with van der Waals surface area (Å²) < 4.78 is 6.70. The number of aryl methyl sites for hydroxylation is 1. The molecule has 0 bridgehead atoms. The second-order valence-electron chi connectivity index (χ2n) is 3.89. The van der Waals surface area contributed by atoms with Crippen LogP contribution in [0.25, 0.3) is 10.9 Å². The number of carbonyl (C=O) groups is 1. The van der Waals surface area contributed by atoms with Crippen LogP contribution in [0.2, 0.25) is 0 Å². The molecule has 0 saturated carbocycles. The predicted octanol–water partition coefficient (Wildman–Crippen LogP) is 2.43. The Labute approximate surface area is 94.6 Å². The fourth-order valence-corrected chi connectivity index (χ4v) is 2.00. The van der Waals surface area contributed by atoms with Gasteiger partial charge in [-0.15, -0.1) is 0 Å². The van der Waals surface area contributed by atoms with Gasteiger partial charge in [0.05, 0.1) is 7.11 Å². The summed E-state index contributed by atoms with van der Waals surface area (Å²) in [5.41, 5.74) is 3.43. The smallest absolute Gasteiger partial charge is 0.325 e. The van der Waals surface area contributed by atoms with Crippen molar-refractivity contribution in [1.82, 2.24) is 4.57 Å². The topological polar surface area (TPSA) is 31.2 Å². The standard InChI is InChI=1S/C13H15NO2/c1-9-10(2)14(8-13(15)16-3)12-7-5-4-6-11(9)12/h4-7H,8H2,1-3H3. The van der Waals surface area contributed by atoms with Crippen LogP contribution >= 0.6 is 0 Å². The van der Waals surface area contributed by atoms with E-state index in [0.717, 1.165) is 11.2 Å². The first-order valence-electron chi connectivity index (χ1n) is 5.26. The molecule has 0 unspecified atom stereocenters. The maximum Gasteiger partial charge on any atom is 0.325 e. The number of esters is 1. The third-order valence-corrected chi connectivity index (χ3v) is 3.06. The van der Waals surface area contributed by atoms with Gasteiger partial charge in [-0.25, -0.2) is 0 Å². The van der Waals surface area contributed by atoms with Crippen molar-refractivity contribution < 1.29 is 9.53 Å². The molecule has 0 spiro atoms. The lowest BCUT2D eigenvalue weighted by atomic mass is 10.2. The van der Waals surface area contributed by atoms with Crippen molar-refractivity contribution in [3.63, 3.8) is 0 Å². The highest BCUT2D eigenvalue weighted by Crippen LogP contribution is 2.24. The fraction of sp³-hybridized carbons (Fsp3) is 0.308. The lowest BCUT2D eigenvalue weighted by Crippen LogP contribution is -2.12. The number of rotatable bonds is 2. The number of benzene rings is 1. The molecular weight excluding hydrogens is 202 g/mol. The molecule has 1 aromatic heterocycles. The predicted molar refractivity (Wildman–Crippen MR) is 63.4 cm³/mol. The van der Waals surface area contributed by atoms with Crippen LogP contribution in [0.5, 0.6) is 0 Å². The third-order valence-electron chi connectivity index (χ3n) is 3.06. The summed E-state index contributed by atoms with van der Waals surface area (Å²) in [6, 6.07) is 8.09. The number of carbonyl (C=O) groups excluding carboxylic acids is 1. The Morgan fingerprint density at radius 2 is 2.00 bits per heavy atom. The van der Waals surface area contributed by atoms with Gasteiger partial charge in [-0.1, -0.05) is 18.2 Å². The lowest BCUT2D eigenvalue weighted by molar-refractivity contribution is -0.141. The van der Waals surface area contributed by atoms with Crippen LogP contribution in [0.15, 0.2) is 24.3 Å². The van der Waals surface area contributed by atoms with Crippen molar-refractivity contribution in [2.45, 2.75) is 20.4 Å². The number of ether oxygens (including phenoxy) is 1. The first kappa shape index (κ1) is 10.7. The second-order valence-corrected chi connectivity index (χ2v) is 3.89. The largest absolute Gasteiger partial charge is 0.468 e. The van der Waals surface area contributed by atoms with Crippen LogP contribution in [-0.2, 0) is 16.1 Å². The minimum atomic E-state index is -0.219. The van der Waals surface area contributed by atoms with Crippen molar-refractivity contribution in [3.05, 3.63) is 35.5 Å². The quantitative estimate of drug-likeness (QED) is 0.723. The monoisotopic (exact) mass is 217 g/mol. The summed E-state index contributed by atoms with van der Waals surface area (Å²) in [5.74, 6) is -0.219. The van der Waals surface area contributed by atoms with Gasteiger partial charge in [-0.2, -0.15) is 0 Å². The van der Waals surface area contributed by atoms with Crippen LogP contribution in [0.3, 0.4) is 0 Å². The van der Waals surface area contributed by atoms with E-state index < -0.39 is 0 Å². The van der Waals surface area contributed by atoms with E-state index >= 15 is 0 Å². The van der Waals surface area contributed by atoms with Crippen LogP contribution < -0.4 is 0 Å². The first-order chi connectivity index (χ1) is 7.65. The van der Waals surface area contributed by atoms with E-state index in [0.29, 0.717) is 0 Å². The van der Waals surface area contributed by atoms with Crippen molar-refractivity contribution >= 4 is 16.9 Å². The molecule has 0 N–H and O–H groups in total.